The van der Waals surface area contributed by atoms with Crippen LogP contribution in [0.15, 0.2) is 12.1 Å². The van der Waals surface area contributed by atoms with Gasteiger partial charge in [-0.15, -0.1) is 0 Å². The number of benzene rings is 1. The first-order valence-corrected chi connectivity index (χ1v) is 5.04. The van der Waals surface area contributed by atoms with E-state index < -0.39 is 12.7 Å². The van der Waals surface area contributed by atoms with E-state index in [9.17, 15) is 18.3 Å². The Hall–Kier alpha value is -1.14. The lowest BCUT2D eigenvalue weighted by Crippen LogP contribution is -2.28. The number of phenolic OH excluding ortho intramolecular Hbond substituents is 1. The molecule has 0 spiro atoms. The van der Waals surface area contributed by atoms with Gasteiger partial charge in [0.25, 0.3) is 0 Å². The van der Waals surface area contributed by atoms with Crippen LogP contribution in [-0.4, -0.2) is 24.9 Å². The van der Waals surface area contributed by atoms with Crippen LogP contribution in [0.1, 0.15) is 5.56 Å². The van der Waals surface area contributed by atoms with Crippen LogP contribution in [0.3, 0.4) is 0 Å². The zero-order chi connectivity index (χ0) is 13.1. The van der Waals surface area contributed by atoms with Crippen LogP contribution in [0.2, 0.25) is 5.02 Å². The lowest BCUT2D eigenvalue weighted by molar-refractivity contribution is -0.125. The zero-order valence-corrected chi connectivity index (χ0v) is 9.69. The van der Waals surface area contributed by atoms with Crippen molar-refractivity contribution in [2.45, 2.75) is 12.7 Å². The summed E-state index contributed by atoms with van der Waals surface area (Å²) in [7, 11) is 1.33. The lowest BCUT2D eigenvalue weighted by atomic mass is 10.2. The van der Waals surface area contributed by atoms with Gasteiger partial charge in [-0.25, -0.2) is 0 Å². The fourth-order valence-electron chi connectivity index (χ4n) is 1.26. The van der Waals surface area contributed by atoms with E-state index in [4.69, 9.17) is 16.3 Å². The van der Waals surface area contributed by atoms with Gasteiger partial charge in [-0.05, 0) is 6.07 Å². The second-order valence-corrected chi connectivity index (χ2v) is 3.77. The third-order valence-corrected chi connectivity index (χ3v) is 2.20. The number of hydrogen-bond donors (Lipinski definition) is 2. The number of halogens is 4. The number of alkyl halides is 3. The smallest absolute Gasteiger partial charge is 0.401 e. The van der Waals surface area contributed by atoms with Gasteiger partial charge in [-0.2, -0.15) is 13.2 Å². The van der Waals surface area contributed by atoms with Gasteiger partial charge in [0.15, 0.2) is 11.5 Å². The molecule has 0 aliphatic heterocycles. The van der Waals surface area contributed by atoms with E-state index in [0.717, 1.165) is 0 Å². The van der Waals surface area contributed by atoms with Crippen molar-refractivity contribution in [1.29, 1.82) is 0 Å². The SMILES string of the molecule is COc1cc(Cl)cc(CNCC(F)(F)F)c1O. The molecule has 0 atom stereocenters. The van der Waals surface area contributed by atoms with Crippen LogP contribution >= 0.6 is 11.6 Å². The van der Waals surface area contributed by atoms with Crippen molar-refractivity contribution in [3.8, 4) is 11.5 Å². The monoisotopic (exact) mass is 269 g/mol. The summed E-state index contributed by atoms with van der Waals surface area (Å²) < 4.78 is 40.6. The summed E-state index contributed by atoms with van der Waals surface area (Å²) >= 11 is 5.73. The molecule has 1 aromatic carbocycles. The number of aromatic hydroxyl groups is 1. The molecule has 0 saturated carbocycles. The molecule has 96 valence electrons. The first kappa shape index (κ1) is 13.9. The number of rotatable bonds is 4. The summed E-state index contributed by atoms with van der Waals surface area (Å²) in [5.41, 5.74) is 0.249. The number of ether oxygens (including phenoxy) is 1. The minimum atomic E-state index is -4.29. The van der Waals surface area contributed by atoms with Crippen LogP contribution in [0, 0.1) is 0 Å². The van der Waals surface area contributed by atoms with Crippen molar-refractivity contribution in [2.24, 2.45) is 0 Å². The maximum Gasteiger partial charge on any atom is 0.401 e. The van der Waals surface area contributed by atoms with E-state index in [2.05, 4.69) is 5.32 Å². The molecule has 0 aliphatic rings. The standard InChI is InChI=1S/C10H11ClF3NO2/c1-17-8-3-7(11)2-6(9(8)16)4-15-5-10(12,13)14/h2-3,15-16H,4-5H2,1H3. The average molecular weight is 270 g/mol. The van der Waals surface area contributed by atoms with Gasteiger partial charge in [0, 0.05) is 23.2 Å². The molecule has 3 nitrogen and oxygen atoms in total. The number of hydrogen-bond acceptors (Lipinski definition) is 3. The van der Waals surface area contributed by atoms with Crippen molar-refractivity contribution < 1.29 is 23.0 Å². The summed E-state index contributed by atoms with van der Waals surface area (Å²) in [5, 5.41) is 12.1. The van der Waals surface area contributed by atoms with E-state index in [1.807, 2.05) is 0 Å². The Bertz CT molecular complexity index is 396. The molecule has 0 heterocycles. The Morgan fingerprint density at radius 2 is 2.06 bits per heavy atom. The number of phenols is 1. The molecule has 17 heavy (non-hydrogen) atoms. The molecule has 0 radical (unpaired) electrons. The van der Waals surface area contributed by atoms with Crippen molar-refractivity contribution in [1.82, 2.24) is 5.32 Å². The van der Waals surface area contributed by atoms with E-state index >= 15 is 0 Å². The Balaban J connectivity index is 2.74. The zero-order valence-electron chi connectivity index (χ0n) is 8.94. The molecule has 0 fully saturated rings. The lowest BCUT2D eigenvalue weighted by Gasteiger charge is -2.12. The summed E-state index contributed by atoms with van der Waals surface area (Å²) in [5.74, 6) is -0.0899. The Labute approximate surface area is 101 Å². The normalized spacial score (nSPS) is 11.6. The molecule has 1 aromatic rings. The van der Waals surface area contributed by atoms with Crippen molar-refractivity contribution >= 4 is 11.6 Å². The van der Waals surface area contributed by atoms with Gasteiger partial charge < -0.3 is 15.2 Å². The van der Waals surface area contributed by atoms with Gasteiger partial charge in [0.1, 0.15) is 0 Å². The summed E-state index contributed by atoms with van der Waals surface area (Å²) in [6.07, 6.45) is -4.29. The fraction of sp³-hybridized carbons (Fsp3) is 0.400. The molecule has 0 aromatic heterocycles. The van der Waals surface area contributed by atoms with Gasteiger partial charge in [0.2, 0.25) is 0 Å². The third kappa shape index (κ3) is 4.32. The van der Waals surface area contributed by atoms with Crippen molar-refractivity contribution in [2.75, 3.05) is 13.7 Å². The Kier molecular flexibility index (Phi) is 4.47. The van der Waals surface area contributed by atoms with Crippen molar-refractivity contribution in [3.63, 3.8) is 0 Å². The second-order valence-electron chi connectivity index (χ2n) is 3.33. The van der Waals surface area contributed by atoms with Crippen LogP contribution in [0.4, 0.5) is 13.2 Å². The molecule has 7 heteroatoms. The summed E-state index contributed by atoms with van der Waals surface area (Å²) in [4.78, 5) is 0. The minimum Gasteiger partial charge on any atom is -0.504 e. The maximum absolute atomic E-state index is 11.9. The number of methoxy groups -OCH3 is 1. The van der Waals surface area contributed by atoms with Crippen LogP contribution in [0.5, 0.6) is 11.5 Å². The van der Waals surface area contributed by atoms with E-state index in [1.165, 1.54) is 19.2 Å². The molecular formula is C10H11ClF3NO2. The highest BCUT2D eigenvalue weighted by Gasteiger charge is 2.26. The molecule has 0 bridgehead atoms. The summed E-state index contributed by atoms with van der Waals surface area (Å²) in [6.45, 7) is -1.29. The quantitative estimate of drug-likeness (QED) is 0.883. The van der Waals surface area contributed by atoms with Crippen LogP contribution in [-0.2, 0) is 6.54 Å². The fourth-order valence-corrected chi connectivity index (χ4v) is 1.49. The topological polar surface area (TPSA) is 41.5 Å². The van der Waals surface area contributed by atoms with Gasteiger partial charge in [-0.3, -0.25) is 0 Å². The molecule has 0 unspecified atom stereocenters. The van der Waals surface area contributed by atoms with Gasteiger partial charge in [-0.1, -0.05) is 11.6 Å². The predicted molar refractivity (Wildman–Crippen MR) is 57.4 cm³/mol. The van der Waals surface area contributed by atoms with E-state index in [1.54, 1.807) is 0 Å². The van der Waals surface area contributed by atoms with Gasteiger partial charge >= 0.3 is 6.18 Å². The minimum absolute atomic E-state index is 0.126. The molecule has 1 rings (SSSR count). The predicted octanol–water partition coefficient (Wildman–Crippen LogP) is 2.71. The second kappa shape index (κ2) is 5.46. The highest BCUT2D eigenvalue weighted by molar-refractivity contribution is 6.30. The highest BCUT2D eigenvalue weighted by Crippen LogP contribution is 2.33. The van der Waals surface area contributed by atoms with E-state index in [0.29, 0.717) is 0 Å². The Morgan fingerprint density at radius 1 is 1.41 bits per heavy atom. The maximum atomic E-state index is 11.9. The van der Waals surface area contributed by atoms with Gasteiger partial charge in [0.05, 0.1) is 13.7 Å². The van der Waals surface area contributed by atoms with Crippen LogP contribution < -0.4 is 10.1 Å². The van der Waals surface area contributed by atoms with Crippen molar-refractivity contribution in [3.05, 3.63) is 22.7 Å². The Morgan fingerprint density at radius 3 is 2.59 bits per heavy atom. The third-order valence-electron chi connectivity index (χ3n) is 1.98. The van der Waals surface area contributed by atoms with E-state index in [-0.39, 0.29) is 28.6 Å². The molecule has 2 N–H and O–H groups in total. The van der Waals surface area contributed by atoms with Crippen LogP contribution in [0.25, 0.3) is 0 Å². The first-order valence-electron chi connectivity index (χ1n) is 4.66. The highest BCUT2D eigenvalue weighted by atomic mass is 35.5. The molecule has 0 amide bonds. The largest absolute Gasteiger partial charge is 0.504 e. The average Bonchev–Trinajstić information content (AvgIpc) is 2.20. The first-order chi connectivity index (χ1) is 7.83. The summed E-state index contributed by atoms with van der Waals surface area (Å²) in [6, 6.07) is 2.76. The number of nitrogens with one attached hydrogen (secondary N) is 1. The molecule has 0 aliphatic carbocycles. The molecule has 0 saturated heterocycles. The molecular weight excluding hydrogens is 259 g/mol.